The standard InChI is InChI=1S/C10H11BrClNO2/c1-6(2)15-10(14)13-9-4-3-7(11)5-8(9)12/h3-6H,1-2H3,(H,13,14). The van der Waals surface area contributed by atoms with Gasteiger partial charge in [0.05, 0.1) is 16.8 Å². The lowest BCUT2D eigenvalue weighted by Gasteiger charge is -2.10. The molecule has 0 atom stereocenters. The van der Waals surface area contributed by atoms with E-state index < -0.39 is 6.09 Å². The quantitative estimate of drug-likeness (QED) is 0.892. The number of nitrogens with one attached hydrogen (secondary N) is 1. The summed E-state index contributed by atoms with van der Waals surface area (Å²) in [6.45, 7) is 3.56. The summed E-state index contributed by atoms with van der Waals surface area (Å²) in [5, 5.41) is 3.02. The summed E-state index contributed by atoms with van der Waals surface area (Å²) in [6, 6.07) is 5.19. The number of rotatable bonds is 2. The van der Waals surface area contributed by atoms with Crippen molar-refractivity contribution in [1.82, 2.24) is 0 Å². The Kier molecular flexibility index (Phi) is 4.42. The van der Waals surface area contributed by atoms with Crippen molar-refractivity contribution in [1.29, 1.82) is 0 Å². The molecule has 82 valence electrons. The van der Waals surface area contributed by atoms with Crippen LogP contribution in [0, 0.1) is 0 Å². The molecule has 0 saturated carbocycles. The van der Waals surface area contributed by atoms with Crippen LogP contribution in [0.1, 0.15) is 13.8 Å². The first-order chi connectivity index (χ1) is 6.99. The van der Waals surface area contributed by atoms with E-state index in [1.54, 1.807) is 32.0 Å². The molecule has 1 aromatic rings. The normalized spacial score (nSPS) is 10.2. The summed E-state index contributed by atoms with van der Waals surface area (Å²) < 4.78 is 5.78. The van der Waals surface area contributed by atoms with Gasteiger partial charge in [0.15, 0.2) is 0 Å². The number of halogens is 2. The fourth-order valence-corrected chi connectivity index (χ4v) is 1.67. The summed E-state index contributed by atoms with van der Waals surface area (Å²) >= 11 is 9.18. The van der Waals surface area contributed by atoms with Crippen molar-refractivity contribution in [2.45, 2.75) is 20.0 Å². The topological polar surface area (TPSA) is 38.3 Å². The van der Waals surface area contributed by atoms with E-state index in [4.69, 9.17) is 16.3 Å². The highest BCUT2D eigenvalue weighted by atomic mass is 79.9. The molecule has 0 bridgehead atoms. The minimum atomic E-state index is -0.505. The first-order valence-electron chi connectivity index (χ1n) is 4.41. The van der Waals surface area contributed by atoms with Gasteiger partial charge < -0.3 is 4.74 Å². The predicted octanol–water partition coefficient (Wildman–Crippen LogP) is 4.06. The van der Waals surface area contributed by atoms with Crippen molar-refractivity contribution in [3.63, 3.8) is 0 Å². The van der Waals surface area contributed by atoms with Crippen LogP contribution in [-0.2, 0) is 4.74 Å². The Balaban J connectivity index is 2.68. The van der Waals surface area contributed by atoms with Crippen molar-refractivity contribution >= 4 is 39.3 Å². The van der Waals surface area contributed by atoms with Crippen LogP contribution in [0.3, 0.4) is 0 Å². The molecule has 1 rings (SSSR count). The zero-order chi connectivity index (χ0) is 11.4. The Morgan fingerprint density at radius 1 is 1.53 bits per heavy atom. The van der Waals surface area contributed by atoms with Gasteiger partial charge in [0.25, 0.3) is 0 Å². The summed E-state index contributed by atoms with van der Waals surface area (Å²) in [6.07, 6.45) is -0.659. The van der Waals surface area contributed by atoms with Crippen LogP contribution in [0.25, 0.3) is 0 Å². The van der Waals surface area contributed by atoms with Gasteiger partial charge in [0.2, 0.25) is 0 Å². The van der Waals surface area contributed by atoms with E-state index in [0.29, 0.717) is 10.7 Å². The first-order valence-corrected chi connectivity index (χ1v) is 5.59. The highest BCUT2D eigenvalue weighted by Gasteiger charge is 2.08. The SMILES string of the molecule is CC(C)OC(=O)Nc1ccc(Br)cc1Cl. The molecule has 0 aliphatic heterocycles. The second kappa shape index (κ2) is 5.37. The van der Waals surface area contributed by atoms with Gasteiger partial charge in [-0.1, -0.05) is 27.5 Å². The average Bonchev–Trinajstić information content (AvgIpc) is 2.08. The largest absolute Gasteiger partial charge is 0.447 e. The summed E-state index contributed by atoms with van der Waals surface area (Å²) in [5.41, 5.74) is 0.533. The highest BCUT2D eigenvalue weighted by Crippen LogP contribution is 2.25. The number of amides is 1. The average molecular weight is 293 g/mol. The molecule has 0 unspecified atom stereocenters. The second-order valence-electron chi connectivity index (χ2n) is 3.20. The van der Waals surface area contributed by atoms with E-state index in [2.05, 4.69) is 21.2 Å². The molecular formula is C10H11BrClNO2. The molecular weight excluding hydrogens is 281 g/mol. The van der Waals surface area contributed by atoms with E-state index >= 15 is 0 Å². The predicted molar refractivity (Wildman–Crippen MR) is 64.4 cm³/mol. The number of carbonyl (C=O) groups is 1. The molecule has 0 spiro atoms. The number of hydrogen-bond donors (Lipinski definition) is 1. The number of carbonyl (C=O) groups excluding carboxylic acids is 1. The van der Waals surface area contributed by atoms with Gasteiger partial charge in [-0.3, -0.25) is 5.32 Å². The fraction of sp³-hybridized carbons (Fsp3) is 0.300. The molecule has 0 aromatic heterocycles. The van der Waals surface area contributed by atoms with Gasteiger partial charge in [0.1, 0.15) is 0 Å². The van der Waals surface area contributed by atoms with E-state index in [1.165, 1.54) is 0 Å². The number of hydrogen-bond acceptors (Lipinski definition) is 2. The Hall–Kier alpha value is -0.740. The van der Waals surface area contributed by atoms with E-state index in [0.717, 1.165) is 4.47 Å². The maximum Gasteiger partial charge on any atom is 0.411 e. The minimum absolute atomic E-state index is 0.153. The van der Waals surface area contributed by atoms with Crippen molar-refractivity contribution in [2.24, 2.45) is 0 Å². The molecule has 1 amide bonds. The van der Waals surface area contributed by atoms with E-state index in [1.807, 2.05) is 0 Å². The molecule has 5 heteroatoms. The van der Waals surface area contributed by atoms with Gasteiger partial charge in [-0.05, 0) is 32.0 Å². The number of benzene rings is 1. The molecule has 0 heterocycles. The van der Waals surface area contributed by atoms with Gasteiger partial charge >= 0.3 is 6.09 Å². The maximum absolute atomic E-state index is 11.3. The maximum atomic E-state index is 11.3. The van der Waals surface area contributed by atoms with Gasteiger partial charge in [-0.25, -0.2) is 4.79 Å². The van der Waals surface area contributed by atoms with Gasteiger partial charge in [0, 0.05) is 4.47 Å². The van der Waals surface area contributed by atoms with Crippen LogP contribution in [0.4, 0.5) is 10.5 Å². The van der Waals surface area contributed by atoms with Gasteiger partial charge in [-0.15, -0.1) is 0 Å². The molecule has 1 N–H and O–H groups in total. The van der Waals surface area contributed by atoms with Crippen molar-refractivity contribution in [2.75, 3.05) is 5.32 Å². The smallest absolute Gasteiger partial charge is 0.411 e. The van der Waals surface area contributed by atoms with Crippen LogP contribution in [0.15, 0.2) is 22.7 Å². The fourth-order valence-electron chi connectivity index (χ4n) is 0.944. The molecule has 15 heavy (non-hydrogen) atoms. The summed E-state index contributed by atoms with van der Waals surface area (Å²) in [7, 11) is 0. The lowest BCUT2D eigenvalue weighted by Crippen LogP contribution is -2.18. The third-order valence-corrected chi connectivity index (χ3v) is 2.32. The Labute approximate surface area is 102 Å². The molecule has 0 radical (unpaired) electrons. The van der Waals surface area contributed by atoms with Crippen molar-refractivity contribution < 1.29 is 9.53 Å². The van der Waals surface area contributed by atoms with Crippen LogP contribution in [-0.4, -0.2) is 12.2 Å². The van der Waals surface area contributed by atoms with Crippen LogP contribution in [0.5, 0.6) is 0 Å². The van der Waals surface area contributed by atoms with E-state index in [-0.39, 0.29) is 6.10 Å². The van der Waals surface area contributed by atoms with Crippen molar-refractivity contribution in [3.05, 3.63) is 27.7 Å². The first kappa shape index (κ1) is 12.3. The summed E-state index contributed by atoms with van der Waals surface area (Å²) in [5.74, 6) is 0. The lowest BCUT2D eigenvalue weighted by atomic mass is 10.3. The molecule has 0 aliphatic rings. The Bertz CT molecular complexity index is 368. The van der Waals surface area contributed by atoms with Gasteiger partial charge in [-0.2, -0.15) is 0 Å². The zero-order valence-electron chi connectivity index (χ0n) is 8.38. The molecule has 1 aromatic carbocycles. The number of ether oxygens (including phenoxy) is 1. The molecule has 0 saturated heterocycles. The van der Waals surface area contributed by atoms with Crippen LogP contribution in [0.2, 0.25) is 5.02 Å². The highest BCUT2D eigenvalue weighted by molar-refractivity contribution is 9.10. The Morgan fingerprint density at radius 3 is 2.73 bits per heavy atom. The third-order valence-electron chi connectivity index (χ3n) is 1.51. The summed E-state index contributed by atoms with van der Waals surface area (Å²) in [4.78, 5) is 11.3. The molecule has 3 nitrogen and oxygen atoms in total. The molecule has 0 aliphatic carbocycles. The number of anilines is 1. The molecule has 0 fully saturated rings. The van der Waals surface area contributed by atoms with Crippen LogP contribution >= 0.6 is 27.5 Å². The lowest BCUT2D eigenvalue weighted by molar-refractivity contribution is 0.130. The second-order valence-corrected chi connectivity index (χ2v) is 4.53. The monoisotopic (exact) mass is 291 g/mol. The third kappa shape index (κ3) is 4.10. The van der Waals surface area contributed by atoms with E-state index in [9.17, 15) is 4.79 Å². The Morgan fingerprint density at radius 2 is 2.20 bits per heavy atom. The minimum Gasteiger partial charge on any atom is -0.447 e. The van der Waals surface area contributed by atoms with Crippen LogP contribution < -0.4 is 5.32 Å². The van der Waals surface area contributed by atoms with Crippen molar-refractivity contribution in [3.8, 4) is 0 Å². The zero-order valence-corrected chi connectivity index (χ0v) is 10.7.